The standard InChI is InChI=1S/C30H33N3O3/c1-21-10-5-6-14-25(21)29(30(35)32-23-11-3-2-4-12-23)33(20-24-13-9-17-36-24)28(34)18-22-19-31-27-16-8-7-15-26(22)27/h5-10,13-17,19,23,29,31H,2-4,11-12,18,20H2,1H3,(H,32,35). The second-order valence-corrected chi connectivity index (χ2v) is 9.74. The van der Waals surface area contributed by atoms with Gasteiger partial charge in [0.1, 0.15) is 11.8 Å². The molecule has 0 bridgehead atoms. The number of benzene rings is 2. The highest BCUT2D eigenvalue weighted by Crippen LogP contribution is 2.29. The van der Waals surface area contributed by atoms with Gasteiger partial charge in [0, 0.05) is 23.1 Å². The number of furan rings is 1. The molecule has 1 unspecified atom stereocenters. The van der Waals surface area contributed by atoms with Gasteiger partial charge < -0.3 is 19.6 Å². The lowest BCUT2D eigenvalue weighted by atomic mass is 9.93. The number of nitrogens with zero attached hydrogens (tertiary/aromatic N) is 1. The normalized spacial score (nSPS) is 15.0. The van der Waals surface area contributed by atoms with Crippen LogP contribution in [0.1, 0.15) is 60.6 Å². The molecular weight excluding hydrogens is 450 g/mol. The number of carbonyl (C=O) groups is 2. The van der Waals surface area contributed by atoms with Crippen LogP contribution in [0.3, 0.4) is 0 Å². The molecule has 1 atom stereocenters. The van der Waals surface area contributed by atoms with Crippen molar-refractivity contribution in [2.75, 3.05) is 0 Å². The van der Waals surface area contributed by atoms with Crippen molar-refractivity contribution in [1.29, 1.82) is 0 Å². The monoisotopic (exact) mass is 483 g/mol. The molecule has 0 radical (unpaired) electrons. The van der Waals surface area contributed by atoms with E-state index in [-0.39, 0.29) is 30.8 Å². The van der Waals surface area contributed by atoms with Gasteiger partial charge in [0.05, 0.1) is 19.2 Å². The third-order valence-corrected chi connectivity index (χ3v) is 7.24. The first kappa shape index (κ1) is 23.9. The second-order valence-electron chi connectivity index (χ2n) is 9.74. The summed E-state index contributed by atoms with van der Waals surface area (Å²) in [4.78, 5) is 32.8. The average Bonchev–Trinajstić information content (AvgIpc) is 3.55. The number of H-pyrrole nitrogens is 1. The summed E-state index contributed by atoms with van der Waals surface area (Å²) in [5, 5.41) is 4.30. The molecule has 2 N–H and O–H groups in total. The second kappa shape index (κ2) is 10.9. The summed E-state index contributed by atoms with van der Waals surface area (Å²) in [6.45, 7) is 2.21. The van der Waals surface area contributed by atoms with E-state index >= 15 is 0 Å². The quantitative estimate of drug-likeness (QED) is 0.331. The first-order chi connectivity index (χ1) is 17.6. The van der Waals surface area contributed by atoms with Crippen LogP contribution in [-0.2, 0) is 22.6 Å². The SMILES string of the molecule is Cc1ccccc1C(C(=O)NC1CCCCC1)N(Cc1ccco1)C(=O)Cc1c[nH]c2ccccc12. The first-order valence-electron chi connectivity index (χ1n) is 12.8. The van der Waals surface area contributed by atoms with Crippen LogP contribution in [-0.4, -0.2) is 27.7 Å². The van der Waals surface area contributed by atoms with Gasteiger partial charge in [-0.05, 0) is 54.7 Å². The number of para-hydroxylation sites is 1. The number of hydrogen-bond donors (Lipinski definition) is 2. The van der Waals surface area contributed by atoms with Crippen LogP contribution in [0.2, 0.25) is 0 Å². The zero-order chi connectivity index (χ0) is 24.9. The van der Waals surface area contributed by atoms with Crippen molar-refractivity contribution >= 4 is 22.7 Å². The summed E-state index contributed by atoms with van der Waals surface area (Å²) in [5.74, 6) is 0.393. The lowest BCUT2D eigenvalue weighted by Crippen LogP contribution is -2.47. The van der Waals surface area contributed by atoms with Crippen molar-refractivity contribution < 1.29 is 14.0 Å². The molecule has 2 amide bonds. The lowest BCUT2D eigenvalue weighted by molar-refractivity contribution is -0.141. The van der Waals surface area contributed by atoms with E-state index in [1.54, 1.807) is 11.2 Å². The van der Waals surface area contributed by atoms with Gasteiger partial charge in [-0.2, -0.15) is 0 Å². The number of amides is 2. The van der Waals surface area contributed by atoms with Crippen LogP contribution >= 0.6 is 0 Å². The third-order valence-electron chi connectivity index (χ3n) is 7.24. The van der Waals surface area contributed by atoms with E-state index < -0.39 is 6.04 Å². The Hall–Kier alpha value is -3.80. The topological polar surface area (TPSA) is 78.3 Å². The smallest absolute Gasteiger partial charge is 0.247 e. The maximum Gasteiger partial charge on any atom is 0.247 e. The van der Waals surface area contributed by atoms with E-state index in [0.29, 0.717) is 5.76 Å². The molecule has 2 heterocycles. The molecule has 186 valence electrons. The Labute approximate surface area is 211 Å². The average molecular weight is 484 g/mol. The molecule has 1 saturated carbocycles. The van der Waals surface area contributed by atoms with Crippen molar-refractivity contribution in [3.63, 3.8) is 0 Å². The zero-order valence-corrected chi connectivity index (χ0v) is 20.7. The van der Waals surface area contributed by atoms with Gasteiger partial charge in [0.15, 0.2) is 0 Å². The minimum atomic E-state index is -0.754. The molecule has 2 aromatic carbocycles. The molecule has 0 spiro atoms. The number of rotatable bonds is 8. The van der Waals surface area contributed by atoms with E-state index in [1.807, 2.05) is 73.8 Å². The largest absolute Gasteiger partial charge is 0.467 e. The predicted molar refractivity (Wildman–Crippen MR) is 140 cm³/mol. The summed E-state index contributed by atoms with van der Waals surface area (Å²) in [5.41, 5.74) is 3.72. The number of aromatic nitrogens is 1. The van der Waals surface area contributed by atoms with E-state index in [2.05, 4.69) is 10.3 Å². The van der Waals surface area contributed by atoms with Crippen LogP contribution in [0.25, 0.3) is 10.9 Å². The minimum absolute atomic E-state index is 0.122. The molecule has 2 aromatic heterocycles. The predicted octanol–water partition coefficient (Wildman–Crippen LogP) is 5.83. The van der Waals surface area contributed by atoms with Gasteiger partial charge in [0.25, 0.3) is 0 Å². The highest BCUT2D eigenvalue weighted by atomic mass is 16.3. The Morgan fingerprint density at radius 1 is 1.03 bits per heavy atom. The number of fused-ring (bicyclic) bond motifs is 1. The highest BCUT2D eigenvalue weighted by Gasteiger charge is 2.34. The Bertz CT molecular complexity index is 1320. The summed E-state index contributed by atoms with van der Waals surface area (Å²) < 4.78 is 5.63. The number of aromatic amines is 1. The van der Waals surface area contributed by atoms with Crippen LogP contribution in [0.15, 0.2) is 77.5 Å². The van der Waals surface area contributed by atoms with E-state index in [9.17, 15) is 9.59 Å². The maximum absolute atomic E-state index is 14.0. The van der Waals surface area contributed by atoms with Crippen LogP contribution in [0.4, 0.5) is 0 Å². The molecule has 1 fully saturated rings. The Balaban J connectivity index is 1.51. The fourth-order valence-corrected chi connectivity index (χ4v) is 5.31. The van der Waals surface area contributed by atoms with Crippen LogP contribution < -0.4 is 5.32 Å². The van der Waals surface area contributed by atoms with Gasteiger partial charge in [-0.25, -0.2) is 0 Å². The van der Waals surface area contributed by atoms with Crippen LogP contribution in [0, 0.1) is 6.92 Å². The number of hydrogen-bond acceptors (Lipinski definition) is 3. The molecule has 1 aliphatic rings. The van der Waals surface area contributed by atoms with Crippen molar-refractivity contribution in [3.8, 4) is 0 Å². The molecule has 6 nitrogen and oxygen atoms in total. The van der Waals surface area contributed by atoms with Crippen molar-refractivity contribution in [2.24, 2.45) is 0 Å². The summed E-state index contributed by atoms with van der Waals surface area (Å²) in [7, 11) is 0. The maximum atomic E-state index is 14.0. The van der Waals surface area contributed by atoms with E-state index in [1.165, 1.54) is 6.42 Å². The Kier molecular flexibility index (Phi) is 7.21. The van der Waals surface area contributed by atoms with E-state index in [0.717, 1.165) is 53.3 Å². The zero-order valence-electron chi connectivity index (χ0n) is 20.7. The van der Waals surface area contributed by atoms with Gasteiger partial charge in [0.2, 0.25) is 11.8 Å². The molecule has 5 rings (SSSR count). The Morgan fingerprint density at radius 3 is 2.58 bits per heavy atom. The molecule has 0 saturated heterocycles. The molecule has 0 aliphatic heterocycles. The molecular formula is C30H33N3O3. The summed E-state index contributed by atoms with van der Waals surface area (Å²) in [6, 6.07) is 18.8. The first-order valence-corrected chi connectivity index (χ1v) is 12.8. The van der Waals surface area contributed by atoms with Gasteiger partial charge in [-0.3, -0.25) is 9.59 Å². The van der Waals surface area contributed by atoms with Crippen molar-refractivity contribution in [3.05, 3.63) is 95.6 Å². The summed E-state index contributed by atoms with van der Waals surface area (Å²) >= 11 is 0. The number of aryl methyl sites for hydroxylation is 1. The fraction of sp³-hybridized carbons (Fsp3) is 0.333. The van der Waals surface area contributed by atoms with Crippen LogP contribution in [0.5, 0.6) is 0 Å². The lowest BCUT2D eigenvalue weighted by Gasteiger charge is -2.33. The number of carbonyl (C=O) groups excluding carboxylic acids is 2. The van der Waals surface area contributed by atoms with Crippen molar-refractivity contribution in [2.45, 2.75) is 64.1 Å². The molecule has 1 aliphatic carbocycles. The van der Waals surface area contributed by atoms with Crippen molar-refractivity contribution in [1.82, 2.24) is 15.2 Å². The minimum Gasteiger partial charge on any atom is -0.467 e. The fourth-order valence-electron chi connectivity index (χ4n) is 5.31. The van der Waals surface area contributed by atoms with Gasteiger partial charge in [-0.15, -0.1) is 0 Å². The summed E-state index contributed by atoms with van der Waals surface area (Å²) in [6.07, 6.45) is 9.08. The molecule has 6 heteroatoms. The van der Waals surface area contributed by atoms with Gasteiger partial charge >= 0.3 is 0 Å². The molecule has 4 aromatic rings. The van der Waals surface area contributed by atoms with E-state index in [4.69, 9.17) is 4.42 Å². The van der Waals surface area contributed by atoms with Gasteiger partial charge in [-0.1, -0.05) is 61.7 Å². The Morgan fingerprint density at radius 2 is 1.81 bits per heavy atom. The highest BCUT2D eigenvalue weighted by molar-refractivity contribution is 5.92. The molecule has 36 heavy (non-hydrogen) atoms. The third kappa shape index (κ3) is 5.23. The number of nitrogens with one attached hydrogen (secondary N) is 2.